The number of nitrogens with zero attached hydrogens (tertiary/aromatic N) is 4. The summed E-state index contributed by atoms with van der Waals surface area (Å²) >= 11 is 5.35. The summed E-state index contributed by atoms with van der Waals surface area (Å²) < 4.78 is 2.36. The fourth-order valence-corrected chi connectivity index (χ4v) is 3.89. The van der Waals surface area contributed by atoms with Gasteiger partial charge in [-0.2, -0.15) is 5.10 Å². The van der Waals surface area contributed by atoms with Crippen LogP contribution in [0.3, 0.4) is 0 Å². The molecule has 0 aliphatic carbocycles. The van der Waals surface area contributed by atoms with Crippen LogP contribution in [0.4, 0.5) is 11.5 Å². The van der Waals surface area contributed by atoms with E-state index in [0.717, 1.165) is 30.2 Å². The maximum Gasteiger partial charge on any atom is 0.227 e. The lowest BCUT2D eigenvalue weighted by Gasteiger charge is -2.28. The molecule has 0 radical (unpaired) electrons. The van der Waals surface area contributed by atoms with Gasteiger partial charge in [0.2, 0.25) is 5.91 Å². The lowest BCUT2D eigenvalue weighted by Crippen LogP contribution is -2.29. The number of nitrogens with one attached hydrogen (secondary N) is 2. The quantitative estimate of drug-likeness (QED) is 0.578. The molecule has 1 aromatic carbocycles. The number of aromatic amines is 1. The Morgan fingerprint density at radius 2 is 1.90 bits per heavy atom. The molecule has 0 bridgehead atoms. The zero-order chi connectivity index (χ0) is 20.9. The molecule has 3 aromatic rings. The highest BCUT2D eigenvalue weighted by Gasteiger charge is 2.13. The number of benzene rings is 1. The smallest absolute Gasteiger partial charge is 0.227 e. The fraction of sp³-hybridized carbons (Fsp3) is 0.364. The first-order chi connectivity index (χ1) is 14.6. The maximum atomic E-state index is 12.5. The first-order valence-corrected chi connectivity index (χ1v) is 10.7. The summed E-state index contributed by atoms with van der Waals surface area (Å²) in [6.07, 6.45) is 5.86. The van der Waals surface area contributed by atoms with Gasteiger partial charge in [-0.25, -0.2) is 4.98 Å². The average molecular weight is 423 g/mol. The highest BCUT2D eigenvalue weighted by atomic mass is 32.1. The topological polar surface area (TPSA) is 78.8 Å². The molecule has 30 heavy (non-hydrogen) atoms. The van der Waals surface area contributed by atoms with E-state index in [1.54, 1.807) is 0 Å². The van der Waals surface area contributed by atoms with E-state index in [1.807, 2.05) is 54.1 Å². The van der Waals surface area contributed by atoms with E-state index in [1.165, 1.54) is 24.8 Å². The van der Waals surface area contributed by atoms with E-state index >= 15 is 0 Å². The van der Waals surface area contributed by atoms with E-state index < -0.39 is 0 Å². The molecule has 0 spiro atoms. The molecule has 0 atom stereocenters. The average Bonchev–Trinajstić information content (AvgIpc) is 3.14. The van der Waals surface area contributed by atoms with Crippen molar-refractivity contribution in [3.8, 4) is 11.4 Å². The molecule has 2 N–H and O–H groups in total. The molecule has 156 valence electrons. The third kappa shape index (κ3) is 4.76. The van der Waals surface area contributed by atoms with Gasteiger partial charge in [0.1, 0.15) is 5.82 Å². The van der Waals surface area contributed by atoms with Crippen LogP contribution in [0.25, 0.3) is 11.4 Å². The number of H-pyrrole nitrogens is 1. The monoisotopic (exact) mass is 422 g/mol. The van der Waals surface area contributed by atoms with Crippen molar-refractivity contribution < 1.29 is 4.79 Å². The van der Waals surface area contributed by atoms with Crippen LogP contribution in [0.15, 0.2) is 42.6 Å². The van der Waals surface area contributed by atoms with Gasteiger partial charge < -0.3 is 10.2 Å². The van der Waals surface area contributed by atoms with Gasteiger partial charge in [0, 0.05) is 31.6 Å². The SMILES string of the molecule is Cc1ccc(-c2n[nH]c(=S)n2CCC(=O)Nc2ccc(N3CCCCC3)cn2)cc1. The van der Waals surface area contributed by atoms with E-state index in [2.05, 4.69) is 25.4 Å². The van der Waals surface area contributed by atoms with Crippen molar-refractivity contribution in [1.82, 2.24) is 19.7 Å². The number of aromatic nitrogens is 4. The van der Waals surface area contributed by atoms with Crippen molar-refractivity contribution in [3.63, 3.8) is 0 Å². The Morgan fingerprint density at radius 3 is 2.60 bits per heavy atom. The number of carbonyl (C=O) groups is 1. The van der Waals surface area contributed by atoms with Crippen LogP contribution in [-0.4, -0.2) is 38.7 Å². The second-order valence-electron chi connectivity index (χ2n) is 7.62. The molecule has 1 saturated heterocycles. The van der Waals surface area contributed by atoms with E-state index in [-0.39, 0.29) is 12.3 Å². The predicted octanol–water partition coefficient (Wildman–Crippen LogP) is 4.33. The number of hydrogen-bond acceptors (Lipinski definition) is 5. The molecule has 1 aliphatic heterocycles. The summed E-state index contributed by atoms with van der Waals surface area (Å²) in [5, 5.41) is 10.0. The standard InChI is InChI=1S/C22H26N6OS/c1-16-5-7-17(8-6-16)21-25-26-22(30)28(21)14-11-20(29)24-19-10-9-18(15-23-19)27-12-3-2-4-13-27/h5-10,15H,2-4,11-14H2,1H3,(H,26,30)(H,23,24,29). The number of aryl methyl sites for hydroxylation is 1. The Morgan fingerprint density at radius 1 is 1.13 bits per heavy atom. The maximum absolute atomic E-state index is 12.5. The summed E-state index contributed by atoms with van der Waals surface area (Å²) in [5.41, 5.74) is 3.25. The van der Waals surface area contributed by atoms with Gasteiger partial charge in [0.05, 0.1) is 11.9 Å². The number of pyridine rings is 1. The van der Waals surface area contributed by atoms with Gasteiger partial charge in [-0.1, -0.05) is 29.8 Å². The summed E-state index contributed by atoms with van der Waals surface area (Å²) in [4.78, 5) is 19.2. The van der Waals surface area contributed by atoms with Crippen molar-refractivity contribution in [2.24, 2.45) is 0 Å². The largest absolute Gasteiger partial charge is 0.370 e. The lowest BCUT2D eigenvalue weighted by molar-refractivity contribution is -0.116. The van der Waals surface area contributed by atoms with Crippen LogP contribution >= 0.6 is 12.2 Å². The number of carbonyl (C=O) groups excluding carboxylic acids is 1. The molecule has 1 aliphatic rings. The summed E-state index contributed by atoms with van der Waals surface area (Å²) in [5.74, 6) is 1.19. The van der Waals surface area contributed by atoms with Crippen LogP contribution < -0.4 is 10.2 Å². The van der Waals surface area contributed by atoms with Gasteiger partial charge in [-0.05, 0) is 50.5 Å². The van der Waals surface area contributed by atoms with Crippen molar-refractivity contribution >= 4 is 29.6 Å². The summed E-state index contributed by atoms with van der Waals surface area (Å²) in [6, 6.07) is 12.0. The number of piperidine rings is 1. The number of hydrogen-bond donors (Lipinski definition) is 2. The highest BCUT2D eigenvalue weighted by molar-refractivity contribution is 7.71. The van der Waals surface area contributed by atoms with E-state index in [9.17, 15) is 4.79 Å². The molecule has 0 saturated carbocycles. The lowest BCUT2D eigenvalue weighted by atomic mass is 10.1. The van der Waals surface area contributed by atoms with Gasteiger partial charge in [0.25, 0.3) is 0 Å². The second kappa shape index (κ2) is 9.21. The number of amides is 1. The number of rotatable bonds is 6. The van der Waals surface area contributed by atoms with Gasteiger partial charge >= 0.3 is 0 Å². The predicted molar refractivity (Wildman–Crippen MR) is 121 cm³/mol. The van der Waals surface area contributed by atoms with Crippen LogP contribution in [0.1, 0.15) is 31.2 Å². The molecule has 8 heteroatoms. The normalized spacial score (nSPS) is 14.0. The van der Waals surface area contributed by atoms with Gasteiger partial charge in [-0.15, -0.1) is 0 Å². The minimum atomic E-state index is -0.105. The Bertz CT molecular complexity index is 1050. The Balaban J connectivity index is 1.37. The molecule has 1 amide bonds. The summed E-state index contributed by atoms with van der Waals surface area (Å²) in [6.45, 7) is 4.62. The Hall–Kier alpha value is -3.00. The molecule has 4 rings (SSSR count). The molecule has 1 fully saturated rings. The Labute approximate surface area is 181 Å². The zero-order valence-corrected chi connectivity index (χ0v) is 17.9. The van der Waals surface area contributed by atoms with Crippen LogP contribution in [0.5, 0.6) is 0 Å². The molecular formula is C22H26N6OS. The van der Waals surface area contributed by atoms with Crippen molar-refractivity contribution in [2.45, 2.75) is 39.2 Å². The fourth-order valence-electron chi connectivity index (χ4n) is 3.67. The van der Waals surface area contributed by atoms with Crippen LogP contribution in [0, 0.1) is 11.7 Å². The third-order valence-corrected chi connectivity index (χ3v) is 5.68. The first-order valence-electron chi connectivity index (χ1n) is 10.3. The molecule has 2 aromatic heterocycles. The van der Waals surface area contributed by atoms with Crippen molar-refractivity contribution in [1.29, 1.82) is 0 Å². The van der Waals surface area contributed by atoms with Crippen molar-refractivity contribution in [2.75, 3.05) is 23.3 Å². The molecule has 0 unspecified atom stereocenters. The van der Waals surface area contributed by atoms with E-state index in [0.29, 0.717) is 17.1 Å². The second-order valence-corrected chi connectivity index (χ2v) is 8.00. The molecule has 7 nitrogen and oxygen atoms in total. The highest BCUT2D eigenvalue weighted by Crippen LogP contribution is 2.21. The van der Waals surface area contributed by atoms with Gasteiger partial charge in [-0.3, -0.25) is 14.5 Å². The zero-order valence-electron chi connectivity index (χ0n) is 17.1. The third-order valence-electron chi connectivity index (χ3n) is 5.37. The molecule has 3 heterocycles. The van der Waals surface area contributed by atoms with Crippen LogP contribution in [0.2, 0.25) is 0 Å². The van der Waals surface area contributed by atoms with Gasteiger partial charge in [0.15, 0.2) is 10.6 Å². The summed E-state index contributed by atoms with van der Waals surface area (Å²) in [7, 11) is 0. The molecular weight excluding hydrogens is 396 g/mol. The minimum Gasteiger partial charge on any atom is -0.370 e. The Kier molecular flexibility index (Phi) is 6.23. The minimum absolute atomic E-state index is 0.105. The first kappa shape index (κ1) is 20.3. The van der Waals surface area contributed by atoms with Crippen molar-refractivity contribution in [3.05, 3.63) is 52.9 Å². The van der Waals surface area contributed by atoms with Crippen LogP contribution in [-0.2, 0) is 11.3 Å². The number of anilines is 2. The van der Waals surface area contributed by atoms with E-state index in [4.69, 9.17) is 12.2 Å².